The second-order valence-corrected chi connectivity index (χ2v) is 15.3. The van der Waals surface area contributed by atoms with Gasteiger partial charge in [0.2, 0.25) is 17.6 Å². The molecule has 0 N–H and O–H groups in total. The summed E-state index contributed by atoms with van der Waals surface area (Å²) in [5.41, 5.74) is 2.61. The first kappa shape index (κ1) is 31.0. The molecule has 1 aliphatic heterocycles. The van der Waals surface area contributed by atoms with E-state index in [0.29, 0.717) is 32.9 Å². The Morgan fingerprint density at radius 1 is 0.867 bits per heavy atom. The average Bonchev–Trinajstić information content (AvgIpc) is 3.64. The number of pyridine rings is 1. The lowest BCUT2D eigenvalue weighted by atomic mass is 9.81. The van der Waals surface area contributed by atoms with Gasteiger partial charge >= 0.3 is 5.97 Å². The molecule has 2 bridgehead atoms. The number of rotatable bonds is 6. The van der Waals surface area contributed by atoms with E-state index < -0.39 is 18.4 Å². The third-order valence-electron chi connectivity index (χ3n) is 8.96. The van der Waals surface area contributed by atoms with Gasteiger partial charge in [0, 0.05) is 35.7 Å². The molecular formula is C33H21Br3Cl2N2O5. The number of aromatic nitrogens is 1. The molecule has 3 aromatic carbocycles. The number of ether oxygens (including phenoxy) is 1. The summed E-state index contributed by atoms with van der Waals surface area (Å²) in [4.78, 5) is 59.5. The first-order valence-corrected chi connectivity index (χ1v) is 17.4. The molecular weight excluding hydrogens is 815 g/mol. The fraction of sp³-hybridized carbons (Fsp3) is 0.242. The number of Topliss-reactive ketones (excluding diaryl/α,β-unsaturated/α-hetero) is 1. The quantitative estimate of drug-likeness (QED) is 0.0841. The summed E-state index contributed by atoms with van der Waals surface area (Å²) >= 11 is 23.0. The van der Waals surface area contributed by atoms with Crippen molar-refractivity contribution in [3.8, 4) is 11.3 Å². The minimum atomic E-state index is -0.707. The van der Waals surface area contributed by atoms with Crippen molar-refractivity contribution >= 4 is 111 Å². The van der Waals surface area contributed by atoms with Crippen molar-refractivity contribution in [2.45, 2.75) is 16.1 Å². The normalized spacial score (nSPS) is 25.2. The molecule has 228 valence electrons. The summed E-state index contributed by atoms with van der Waals surface area (Å²) in [6.07, 6.45) is 0.865. The highest BCUT2D eigenvalue weighted by Crippen LogP contribution is 2.60. The molecule has 6 unspecified atom stereocenters. The lowest BCUT2D eigenvalue weighted by Crippen LogP contribution is -2.37. The Hall–Kier alpha value is -2.63. The first-order chi connectivity index (χ1) is 21.5. The zero-order valence-corrected chi connectivity index (χ0v) is 29.3. The highest BCUT2D eigenvalue weighted by Gasteiger charge is 2.66. The number of benzene rings is 3. The number of amides is 2. The monoisotopic (exact) mass is 832 g/mol. The van der Waals surface area contributed by atoms with Crippen molar-refractivity contribution in [2.75, 3.05) is 11.5 Å². The lowest BCUT2D eigenvalue weighted by Gasteiger charge is -2.28. The van der Waals surface area contributed by atoms with Gasteiger partial charge in [0.15, 0.2) is 6.61 Å². The minimum Gasteiger partial charge on any atom is -0.454 e. The van der Waals surface area contributed by atoms with Crippen molar-refractivity contribution in [3.63, 3.8) is 0 Å². The van der Waals surface area contributed by atoms with Crippen LogP contribution in [0.25, 0.3) is 22.2 Å². The van der Waals surface area contributed by atoms with Crippen molar-refractivity contribution in [3.05, 3.63) is 92.4 Å². The number of anilines is 1. The molecule has 0 radical (unpaired) electrons. The highest BCUT2D eigenvalue weighted by atomic mass is 79.9. The van der Waals surface area contributed by atoms with E-state index in [-0.39, 0.29) is 61.3 Å². The van der Waals surface area contributed by atoms with Gasteiger partial charge in [-0.15, -0.1) is 0 Å². The number of hydrogen-bond acceptors (Lipinski definition) is 6. The van der Waals surface area contributed by atoms with E-state index in [0.717, 1.165) is 10.9 Å². The summed E-state index contributed by atoms with van der Waals surface area (Å²) in [6.45, 7) is -0.519. The van der Waals surface area contributed by atoms with Crippen LogP contribution in [0.4, 0.5) is 5.69 Å². The van der Waals surface area contributed by atoms with Gasteiger partial charge in [0.1, 0.15) is 0 Å². The van der Waals surface area contributed by atoms with Crippen LogP contribution in [0, 0.1) is 23.7 Å². The van der Waals surface area contributed by atoms with Crippen LogP contribution < -0.4 is 4.90 Å². The molecule has 3 aliphatic rings. The van der Waals surface area contributed by atoms with E-state index in [9.17, 15) is 19.2 Å². The Labute approximate surface area is 293 Å². The topological polar surface area (TPSA) is 93.6 Å². The van der Waals surface area contributed by atoms with Crippen molar-refractivity contribution in [1.82, 2.24) is 4.98 Å². The van der Waals surface area contributed by atoms with Crippen LogP contribution in [0.3, 0.4) is 0 Å². The molecule has 0 spiro atoms. The molecule has 7 nitrogen and oxygen atoms in total. The Kier molecular flexibility index (Phi) is 8.17. The summed E-state index contributed by atoms with van der Waals surface area (Å²) in [5, 5.41) is 1.09. The summed E-state index contributed by atoms with van der Waals surface area (Å²) < 4.78 is 6.18. The van der Waals surface area contributed by atoms with E-state index in [4.69, 9.17) is 32.9 Å². The zero-order chi connectivity index (χ0) is 31.7. The summed E-state index contributed by atoms with van der Waals surface area (Å²) in [6, 6.07) is 18.4. The smallest absolute Gasteiger partial charge is 0.339 e. The fourth-order valence-corrected chi connectivity index (χ4v) is 9.65. The molecule has 1 aromatic heterocycles. The molecule has 2 saturated carbocycles. The number of halogens is 5. The molecule has 1 saturated heterocycles. The predicted molar refractivity (Wildman–Crippen MR) is 182 cm³/mol. The van der Waals surface area contributed by atoms with Crippen LogP contribution in [-0.4, -0.2) is 44.8 Å². The number of fused-ring (bicyclic) bond motifs is 6. The van der Waals surface area contributed by atoms with Gasteiger partial charge in [-0.25, -0.2) is 9.78 Å². The number of esters is 1. The molecule has 3 fully saturated rings. The lowest BCUT2D eigenvalue weighted by molar-refractivity contribution is -0.123. The van der Waals surface area contributed by atoms with Gasteiger partial charge in [-0.3, -0.25) is 19.3 Å². The third-order valence-corrected chi connectivity index (χ3v) is 13.2. The molecule has 6 atom stereocenters. The Morgan fingerprint density at radius 2 is 1.53 bits per heavy atom. The van der Waals surface area contributed by atoms with E-state index in [2.05, 4.69) is 47.8 Å². The van der Waals surface area contributed by atoms with Crippen molar-refractivity contribution in [1.29, 1.82) is 0 Å². The van der Waals surface area contributed by atoms with Crippen LogP contribution >= 0.6 is 71.0 Å². The first-order valence-electron chi connectivity index (χ1n) is 14.1. The Morgan fingerprint density at radius 3 is 2.18 bits per heavy atom. The summed E-state index contributed by atoms with van der Waals surface area (Å²) in [5.74, 6) is -1.84. The standard InChI is InChI=1S/C33H21Br3Cl2N2O5/c34-15-3-8-24-19(9-15)20(33(44)45-13-26(41)18-7-4-16(37)10-23(18)38)12-25(39-24)14-1-5-17(6-2-14)40-31(42)27-21-11-22(28(27)32(40)43)30(36)29(21)35/h1-10,12,21-22,27-30H,11,13H2. The van der Waals surface area contributed by atoms with Gasteiger partial charge < -0.3 is 4.74 Å². The third kappa shape index (κ3) is 5.26. The van der Waals surface area contributed by atoms with Gasteiger partial charge in [-0.05, 0) is 72.9 Å². The average molecular weight is 836 g/mol. The fourth-order valence-electron chi connectivity index (χ4n) is 6.90. The number of carbonyl (C=O) groups excluding carboxylic acids is 4. The number of alkyl halides is 2. The van der Waals surface area contributed by atoms with Gasteiger partial charge in [0.25, 0.3) is 0 Å². The largest absolute Gasteiger partial charge is 0.454 e. The van der Waals surface area contributed by atoms with Crippen molar-refractivity contribution < 1.29 is 23.9 Å². The van der Waals surface area contributed by atoms with E-state index in [1.54, 1.807) is 42.5 Å². The maximum Gasteiger partial charge on any atom is 0.339 e. The van der Waals surface area contributed by atoms with E-state index in [1.165, 1.54) is 23.1 Å². The second kappa shape index (κ2) is 11.9. The number of ketones is 1. The molecule has 4 aromatic rings. The number of carbonyl (C=O) groups is 4. The second-order valence-electron chi connectivity index (χ2n) is 11.4. The van der Waals surface area contributed by atoms with Crippen LogP contribution in [0.1, 0.15) is 27.1 Å². The summed E-state index contributed by atoms with van der Waals surface area (Å²) in [7, 11) is 0. The van der Waals surface area contributed by atoms with E-state index in [1.807, 2.05) is 6.07 Å². The Bertz CT molecular complexity index is 1910. The van der Waals surface area contributed by atoms with Crippen LogP contribution in [0.5, 0.6) is 0 Å². The number of imide groups is 1. The molecule has 12 heteroatoms. The molecule has 45 heavy (non-hydrogen) atoms. The van der Waals surface area contributed by atoms with Crippen LogP contribution in [-0.2, 0) is 14.3 Å². The van der Waals surface area contributed by atoms with Crippen LogP contribution in [0.15, 0.2) is 71.2 Å². The SMILES string of the molecule is O=C(COC(=O)c1cc(-c2ccc(N3C(=O)C4C5CC(C(Br)C5Br)C4C3=O)cc2)nc2ccc(Br)cc12)c1ccc(Cl)cc1Cl. The van der Waals surface area contributed by atoms with Gasteiger partial charge in [-0.2, -0.15) is 0 Å². The molecule has 2 aliphatic carbocycles. The number of hydrogen-bond donors (Lipinski definition) is 0. The Balaban J connectivity index is 1.16. The van der Waals surface area contributed by atoms with Crippen LogP contribution in [0.2, 0.25) is 10.0 Å². The predicted octanol–water partition coefficient (Wildman–Crippen LogP) is 8.29. The minimum absolute atomic E-state index is 0.128. The molecule has 2 heterocycles. The number of nitrogens with zero attached hydrogens (tertiary/aromatic N) is 2. The van der Waals surface area contributed by atoms with Gasteiger partial charge in [0.05, 0.1) is 39.3 Å². The highest BCUT2D eigenvalue weighted by molar-refractivity contribution is 9.12. The maximum absolute atomic E-state index is 13.5. The van der Waals surface area contributed by atoms with E-state index >= 15 is 0 Å². The van der Waals surface area contributed by atoms with Gasteiger partial charge in [-0.1, -0.05) is 83.1 Å². The maximum atomic E-state index is 13.5. The molecule has 2 amide bonds. The zero-order valence-electron chi connectivity index (χ0n) is 23.1. The molecule has 7 rings (SSSR count). The van der Waals surface area contributed by atoms with Crippen molar-refractivity contribution in [2.24, 2.45) is 23.7 Å².